The van der Waals surface area contributed by atoms with Crippen molar-refractivity contribution in [3.05, 3.63) is 28.7 Å². The Kier molecular flexibility index (Phi) is 4.42. The molecule has 2 rings (SSSR count). The second-order valence-electron chi connectivity index (χ2n) is 4.42. The van der Waals surface area contributed by atoms with Gasteiger partial charge >= 0.3 is 12.1 Å². The number of aliphatic carboxylic acids is 1. The molecule has 1 aliphatic rings. The number of hydrogen-bond acceptors (Lipinski definition) is 3. The Morgan fingerprint density at radius 3 is 2.32 bits per heavy atom. The Hall–Kier alpha value is -1.56. The van der Waals surface area contributed by atoms with Gasteiger partial charge in [-0.2, -0.15) is 0 Å². The first-order valence-corrected chi connectivity index (χ1v) is 6.80. The fourth-order valence-electron chi connectivity index (χ4n) is 1.98. The van der Waals surface area contributed by atoms with Crippen LogP contribution in [0, 0.1) is 5.92 Å². The number of carboxylic acid groups (broad SMARTS) is 1. The van der Waals surface area contributed by atoms with Gasteiger partial charge in [-0.1, -0.05) is 15.9 Å². The second-order valence-corrected chi connectivity index (χ2v) is 5.34. The fraction of sp³-hybridized carbons (Fsp3) is 0.385. The van der Waals surface area contributed by atoms with Crippen molar-refractivity contribution in [2.45, 2.75) is 12.8 Å². The van der Waals surface area contributed by atoms with E-state index in [-0.39, 0.29) is 5.92 Å². The summed E-state index contributed by atoms with van der Waals surface area (Å²) >= 11 is 3.30. The molecule has 1 saturated heterocycles. The largest absolute Gasteiger partial charge is 0.481 e. The molecule has 1 fully saturated rings. The third kappa shape index (κ3) is 3.70. The maximum absolute atomic E-state index is 11.9. The zero-order valence-electron chi connectivity index (χ0n) is 10.2. The van der Waals surface area contributed by atoms with E-state index in [1.54, 1.807) is 29.2 Å². The summed E-state index contributed by atoms with van der Waals surface area (Å²) in [5.41, 5.74) is 0. The summed E-state index contributed by atoms with van der Waals surface area (Å²) in [5, 5.41) is 8.89. The van der Waals surface area contributed by atoms with Crippen LogP contribution in [0.5, 0.6) is 5.75 Å². The molecule has 6 heteroatoms. The normalized spacial score (nSPS) is 16.2. The Morgan fingerprint density at radius 2 is 1.79 bits per heavy atom. The van der Waals surface area contributed by atoms with E-state index in [1.165, 1.54) is 0 Å². The van der Waals surface area contributed by atoms with Crippen LogP contribution < -0.4 is 4.74 Å². The van der Waals surface area contributed by atoms with Crippen LogP contribution in [0.25, 0.3) is 0 Å². The van der Waals surface area contributed by atoms with Crippen molar-refractivity contribution < 1.29 is 19.4 Å². The summed E-state index contributed by atoms with van der Waals surface area (Å²) in [6.07, 6.45) is 0.529. The molecule has 1 aromatic carbocycles. The lowest BCUT2D eigenvalue weighted by Crippen LogP contribution is -2.41. The molecule has 1 aromatic rings. The summed E-state index contributed by atoms with van der Waals surface area (Å²) < 4.78 is 6.13. The van der Waals surface area contributed by atoms with E-state index in [9.17, 15) is 9.59 Å². The van der Waals surface area contributed by atoms with E-state index in [4.69, 9.17) is 9.84 Å². The number of amides is 1. The number of carbonyl (C=O) groups is 2. The fourth-order valence-corrected chi connectivity index (χ4v) is 2.24. The van der Waals surface area contributed by atoms with E-state index < -0.39 is 12.1 Å². The van der Waals surface area contributed by atoms with E-state index in [1.807, 2.05) is 0 Å². The lowest BCUT2D eigenvalue weighted by molar-refractivity contribution is -0.143. The third-order valence-electron chi connectivity index (χ3n) is 3.12. The summed E-state index contributed by atoms with van der Waals surface area (Å²) in [7, 11) is 0. The summed E-state index contributed by atoms with van der Waals surface area (Å²) in [4.78, 5) is 24.2. The van der Waals surface area contributed by atoms with Gasteiger partial charge in [-0.05, 0) is 37.1 Å². The van der Waals surface area contributed by atoms with E-state index in [2.05, 4.69) is 15.9 Å². The number of ether oxygens (including phenoxy) is 1. The highest BCUT2D eigenvalue weighted by atomic mass is 79.9. The van der Waals surface area contributed by atoms with Crippen LogP contribution in [0.4, 0.5) is 4.79 Å². The lowest BCUT2D eigenvalue weighted by Gasteiger charge is -2.29. The van der Waals surface area contributed by atoms with Gasteiger partial charge in [0, 0.05) is 17.6 Å². The predicted octanol–water partition coefficient (Wildman–Crippen LogP) is 2.74. The molecule has 1 N–H and O–H groups in total. The monoisotopic (exact) mass is 327 g/mol. The van der Waals surface area contributed by atoms with Gasteiger partial charge in [0.1, 0.15) is 5.75 Å². The molecular weight excluding hydrogens is 314 g/mol. The molecule has 0 radical (unpaired) electrons. The quantitative estimate of drug-likeness (QED) is 0.906. The molecule has 19 heavy (non-hydrogen) atoms. The Labute approximate surface area is 119 Å². The number of hydrogen-bond donors (Lipinski definition) is 1. The minimum atomic E-state index is -0.791. The first kappa shape index (κ1) is 13.9. The molecule has 1 heterocycles. The van der Waals surface area contributed by atoms with Gasteiger partial charge in [0.05, 0.1) is 5.92 Å². The van der Waals surface area contributed by atoms with Gasteiger partial charge in [-0.3, -0.25) is 4.79 Å². The molecule has 0 bridgehead atoms. The second kappa shape index (κ2) is 6.06. The number of carbonyl (C=O) groups excluding carboxylic acids is 1. The molecule has 0 saturated carbocycles. The van der Waals surface area contributed by atoms with Crippen LogP contribution >= 0.6 is 15.9 Å². The molecule has 102 valence electrons. The molecule has 0 atom stereocenters. The third-order valence-corrected chi connectivity index (χ3v) is 3.65. The van der Waals surface area contributed by atoms with E-state index >= 15 is 0 Å². The molecular formula is C13H14BrNO4. The maximum atomic E-state index is 11.9. The van der Waals surface area contributed by atoms with Crippen LogP contribution in [-0.2, 0) is 4.79 Å². The predicted molar refractivity (Wildman–Crippen MR) is 72.1 cm³/mol. The number of rotatable bonds is 2. The Balaban J connectivity index is 1.88. The Morgan fingerprint density at radius 1 is 1.21 bits per heavy atom. The van der Waals surface area contributed by atoms with Crippen molar-refractivity contribution in [2.75, 3.05) is 13.1 Å². The lowest BCUT2D eigenvalue weighted by atomic mass is 9.97. The van der Waals surface area contributed by atoms with Crippen LogP contribution in [-0.4, -0.2) is 35.2 Å². The molecule has 0 aliphatic carbocycles. The van der Waals surface area contributed by atoms with Gasteiger partial charge in [0.15, 0.2) is 0 Å². The van der Waals surface area contributed by atoms with Crippen molar-refractivity contribution in [3.63, 3.8) is 0 Å². The molecule has 1 aliphatic heterocycles. The molecule has 0 spiro atoms. The number of nitrogens with zero attached hydrogens (tertiary/aromatic N) is 1. The first-order valence-electron chi connectivity index (χ1n) is 6.01. The van der Waals surface area contributed by atoms with Crippen LogP contribution in [0.2, 0.25) is 0 Å². The van der Waals surface area contributed by atoms with Gasteiger partial charge in [-0.15, -0.1) is 0 Å². The summed E-state index contributed by atoms with van der Waals surface area (Å²) in [6, 6.07) is 6.98. The summed E-state index contributed by atoms with van der Waals surface area (Å²) in [5.74, 6) is -0.661. The minimum absolute atomic E-state index is 0.350. The van der Waals surface area contributed by atoms with Gasteiger partial charge in [0.25, 0.3) is 0 Å². The van der Waals surface area contributed by atoms with Gasteiger partial charge in [-0.25, -0.2) is 4.79 Å². The van der Waals surface area contributed by atoms with Crippen molar-refractivity contribution in [2.24, 2.45) is 5.92 Å². The average molecular weight is 328 g/mol. The summed E-state index contributed by atoms with van der Waals surface area (Å²) in [6.45, 7) is 0.846. The van der Waals surface area contributed by atoms with Crippen molar-refractivity contribution in [1.82, 2.24) is 4.90 Å². The van der Waals surface area contributed by atoms with Crippen molar-refractivity contribution >= 4 is 28.0 Å². The van der Waals surface area contributed by atoms with Crippen molar-refractivity contribution in [3.8, 4) is 5.75 Å². The molecule has 5 nitrogen and oxygen atoms in total. The number of benzene rings is 1. The highest BCUT2D eigenvalue weighted by Gasteiger charge is 2.27. The van der Waals surface area contributed by atoms with E-state index in [0.717, 1.165) is 4.47 Å². The number of carboxylic acids is 1. The molecule has 0 aromatic heterocycles. The van der Waals surface area contributed by atoms with Crippen LogP contribution in [0.1, 0.15) is 12.8 Å². The van der Waals surface area contributed by atoms with Crippen molar-refractivity contribution in [1.29, 1.82) is 0 Å². The number of halogens is 1. The zero-order valence-corrected chi connectivity index (χ0v) is 11.8. The Bertz CT molecular complexity index is 466. The smallest absolute Gasteiger partial charge is 0.415 e. The number of piperidine rings is 1. The molecule has 0 unspecified atom stereocenters. The van der Waals surface area contributed by atoms with Crippen LogP contribution in [0.15, 0.2) is 28.7 Å². The van der Waals surface area contributed by atoms with Crippen LogP contribution in [0.3, 0.4) is 0 Å². The molecule has 1 amide bonds. The minimum Gasteiger partial charge on any atom is -0.481 e. The first-order chi connectivity index (χ1) is 9.06. The SMILES string of the molecule is O=C(O)C1CCN(C(=O)Oc2ccc(Br)cc2)CC1. The standard InChI is InChI=1S/C13H14BrNO4/c14-10-1-3-11(4-2-10)19-13(18)15-7-5-9(6-8-15)12(16)17/h1-4,9H,5-8H2,(H,16,17). The van der Waals surface area contributed by atoms with E-state index in [0.29, 0.717) is 31.7 Å². The van der Waals surface area contributed by atoms with Gasteiger partial charge < -0.3 is 14.7 Å². The highest BCUT2D eigenvalue weighted by molar-refractivity contribution is 9.10. The maximum Gasteiger partial charge on any atom is 0.415 e. The van der Waals surface area contributed by atoms with Gasteiger partial charge in [0.2, 0.25) is 0 Å². The number of likely N-dealkylation sites (tertiary alicyclic amines) is 1. The highest BCUT2D eigenvalue weighted by Crippen LogP contribution is 2.20. The topological polar surface area (TPSA) is 66.8 Å². The average Bonchev–Trinajstić information content (AvgIpc) is 2.41. The zero-order chi connectivity index (χ0) is 13.8.